The van der Waals surface area contributed by atoms with Crippen molar-refractivity contribution in [3.63, 3.8) is 0 Å². The average Bonchev–Trinajstić information content (AvgIpc) is 2.89. The number of amides is 2. The van der Waals surface area contributed by atoms with Gasteiger partial charge in [-0.1, -0.05) is 23.7 Å². The third kappa shape index (κ3) is 5.80. The van der Waals surface area contributed by atoms with Gasteiger partial charge in [-0.2, -0.15) is 0 Å². The van der Waals surface area contributed by atoms with E-state index in [2.05, 4.69) is 20.9 Å². The van der Waals surface area contributed by atoms with Crippen molar-refractivity contribution in [2.45, 2.75) is 25.7 Å². The number of aromatic nitrogens is 1. The van der Waals surface area contributed by atoms with Crippen LogP contribution in [0.15, 0.2) is 65.3 Å². The molecule has 0 unspecified atom stereocenters. The summed E-state index contributed by atoms with van der Waals surface area (Å²) in [5.41, 5.74) is 1.24. The Morgan fingerprint density at radius 1 is 1.03 bits per heavy atom. The van der Waals surface area contributed by atoms with E-state index in [9.17, 15) is 14.0 Å². The minimum atomic E-state index is -0.298. The van der Waals surface area contributed by atoms with E-state index in [1.807, 2.05) is 9.80 Å². The van der Waals surface area contributed by atoms with Crippen molar-refractivity contribution in [3.8, 4) is 11.6 Å². The highest BCUT2D eigenvalue weighted by Crippen LogP contribution is 2.41. The Labute approximate surface area is 228 Å². The van der Waals surface area contributed by atoms with E-state index in [4.69, 9.17) is 16.3 Å². The molecule has 6 nitrogen and oxygen atoms in total. The molecule has 0 N–H and O–H groups in total. The van der Waals surface area contributed by atoms with E-state index in [0.717, 1.165) is 12.8 Å². The molecular formula is C28H26BrClFN3O3. The molecule has 0 atom stereocenters. The average molecular weight is 587 g/mol. The van der Waals surface area contributed by atoms with Gasteiger partial charge in [0.1, 0.15) is 11.6 Å². The zero-order chi connectivity index (χ0) is 26.0. The van der Waals surface area contributed by atoms with E-state index >= 15 is 0 Å². The fourth-order valence-corrected chi connectivity index (χ4v) is 5.49. The molecule has 3 heterocycles. The summed E-state index contributed by atoms with van der Waals surface area (Å²) in [5.74, 6) is 0.769. The van der Waals surface area contributed by atoms with Crippen molar-refractivity contribution in [1.29, 1.82) is 0 Å². The summed E-state index contributed by atoms with van der Waals surface area (Å²) in [6.45, 7) is 2.74. The maximum atomic E-state index is 14.2. The summed E-state index contributed by atoms with van der Waals surface area (Å²) in [7, 11) is 0. The molecule has 1 aromatic heterocycles. The Hall–Kier alpha value is -2.97. The smallest absolute Gasteiger partial charge is 0.253 e. The Morgan fingerprint density at radius 2 is 1.76 bits per heavy atom. The Balaban J connectivity index is 1.08. The monoisotopic (exact) mass is 585 g/mol. The van der Waals surface area contributed by atoms with Gasteiger partial charge in [-0.05, 0) is 77.2 Å². The lowest BCUT2D eigenvalue weighted by Crippen LogP contribution is -2.62. The second kappa shape index (κ2) is 10.8. The maximum absolute atomic E-state index is 14.2. The number of rotatable bonds is 6. The molecule has 1 spiro atoms. The molecule has 2 saturated heterocycles. The summed E-state index contributed by atoms with van der Waals surface area (Å²) in [6.07, 6.45) is 3.93. The molecule has 37 heavy (non-hydrogen) atoms. The molecule has 192 valence electrons. The van der Waals surface area contributed by atoms with Crippen LogP contribution in [0.3, 0.4) is 0 Å². The minimum Gasteiger partial charge on any atom is -0.439 e. The first-order chi connectivity index (χ1) is 17.8. The Kier molecular flexibility index (Phi) is 7.49. The number of hydrogen-bond acceptors (Lipinski definition) is 4. The number of likely N-dealkylation sites (tertiary alicyclic amines) is 2. The van der Waals surface area contributed by atoms with E-state index in [-0.39, 0.29) is 23.0 Å². The van der Waals surface area contributed by atoms with Gasteiger partial charge in [-0.25, -0.2) is 9.37 Å². The molecule has 5 rings (SSSR count). The van der Waals surface area contributed by atoms with E-state index < -0.39 is 0 Å². The molecular weight excluding hydrogens is 561 g/mol. The highest BCUT2D eigenvalue weighted by molar-refractivity contribution is 9.10. The highest BCUT2D eigenvalue weighted by Gasteiger charge is 2.47. The van der Waals surface area contributed by atoms with Crippen molar-refractivity contribution >= 4 is 39.3 Å². The minimum absolute atomic E-state index is 0.00526. The number of nitrogens with zero attached hydrogens (tertiary/aromatic N) is 3. The van der Waals surface area contributed by atoms with E-state index in [0.29, 0.717) is 71.3 Å². The summed E-state index contributed by atoms with van der Waals surface area (Å²) in [6, 6.07) is 15.6. The lowest BCUT2D eigenvalue weighted by atomic mass is 9.71. The normalized spacial score (nSPS) is 16.4. The molecule has 0 radical (unpaired) electrons. The van der Waals surface area contributed by atoms with Crippen LogP contribution >= 0.6 is 27.5 Å². The zero-order valence-electron chi connectivity index (χ0n) is 20.1. The first-order valence-electron chi connectivity index (χ1n) is 12.2. The third-order valence-electron chi connectivity index (χ3n) is 7.18. The van der Waals surface area contributed by atoms with Gasteiger partial charge in [-0.3, -0.25) is 9.59 Å². The molecule has 9 heteroatoms. The lowest BCUT2D eigenvalue weighted by molar-refractivity contribution is -0.146. The zero-order valence-corrected chi connectivity index (χ0v) is 22.5. The molecule has 2 aliphatic rings. The number of carbonyl (C=O) groups is 2. The van der Waals surface area contributed by atoms with Crippen LogP contribution in [0.1, 0.15) is 35.2 Å². The van der Waals surface area contributed by atoms with Crippen LogP contribution in [0.5, 0.6) is 11.6 Å². The number of benzene rings is 2. The molecule has 2 aromatic carbocycles. The molecule has 3 aromatic rings. The van der Waals surface area contributed by atoms with Crippen molar-refractivity contribution in [1.82, 2.24) is 14.8 Å². The predicted molar refractivity (Wildman–Crippen MR) is 142 cm³/mol. The fourth-order valence-electron chi connectivity index (χ4n) is 4.97. The highest BCUT2D eigenvalue weighted by atomic mass is 79.9. The van der Waals surface area contributed by atoms with Crippen molar-refractivity contribution < 1.29 is 18.7 Å². The first-order valence-corrected chi connectivity index (χ1v) is 13.4. The van der Waals surface area contributed by atoms with Crippen LogP contribution in [0.4, 0.5) is 4.39 Å². The Morgan fingerprint density at radius 3 is 2.43 bits per heavy atom. The van der Waals surface area contributed by atoms with Crippen LogP contribution < -0.4 is 4.74 Å². The van der Waals surface area contributed by atoms with Gasteiger partial charge in [0.25, 0.3) is 5.91 Å². The fraction of sp³-hybridized carbons (Fsp3) is 0.321. The number of pyridine rings is 1. The van der Waals surface area contributed by atoms with Crippen LogP contribution in [0.25, 0.3) is 0 Å². The van der Waals surface area contributed by atoms with Gasteiger partial charge >= 0.3 is 0 Å². The van der Waals surface area contributed by atoms with Gasteiger partial charge in [0.2, 0.25) is 11.8 Å². The number of carbonyl (C=O) groups excluding carboxylic acids is 2. The van der Waals surface area contributed by atoms with Crippen LogP contribution in [0.2, 0.25) is 5.02 Å². The van der Waals surface area contributed by atoms with Gasteiger partial charge < -0.3 is 14.5 Å². The summed E-state index contributed by atoms with van der Waals surface area (Å²) in [4.78, 5) is 33.5. The third-order valence-corrected chi connectivity index (χ3v) is 8.02. The number of piperidine rings is 1. The van der Waals surface area contributed by atoms with Crippen LogP contribution in [-0.4, -0.2) is 52.8 Å². The SMILES string of the molecule is O=C(CCc1cccc(Br)c1F)N1CC2(CCN(C(=O)c3ccc(Oc4ccc(Cl)cn4)cc3)CC2)C1. The topological polar surface area (TPSA) is 62.7 Å². The van der Waals surface area contributed by atoms with Crippen molar-refractivity contribution in [2.75, 3.05) is 26.2 Å². The molecule has 0 aliphatic carbocycles. The molecule has 2 amide bonds. The van der Waals surface area contributed by atoms with Crippen LogP contribution in [0, 0.1) is 11.2 Å². The second-order valence-electron chi connectivity index (χ2n) is 9.70. The molecule has 2 fully saturated rings. The van der Waals surface area contributed by atoms with E-state index in [1.165, 1.54) is 6.20 Å². The largest absolute Gasteiger partial charge is 0.439 e. The summed E-state index contributed by atoms with van der Waals surface area (Å²) in [5, 5.41) is 0.533. The number of halogens is 3. The van der Waals surface area contributed by atoms with Crippen LogP contribution in [-0.2, 0) is 11.2 Å². The van der Waals surface area contributed by atoms with Crippen molar-refractivity contribution in [2.24, 2.45) is 5.41 Å². The molecule has 2 aliphatic heterocycles. The Bertz CT molecular complexity index is 1290. The standard InChI is InChI=1S/C28H26BrClFN3O3/c29-23-3-1-2-19(26(23)31)6-11-25(35)34-17-28(18-34)12-14-33(15-13-28)27(36)20-4-8-22(9-5-20)37-24-10-7-21(30)16-32-24/h1-5,7-10,16H,6,11-15,17-18H2. The summed E-state index contributed by atoms with van der Waals surface area (Å²) < 4.78 is 20.3. The first kappa shape index (κ1) is 25.7. The maximum Gasteiger partial charge on any atom is 0.253 e. The van der Waals surface area contributed by atoms with Gasteiger partial charge in [0, 0.05) is 55.8 Å². The molecule has 0 saturated carbocycles. The number of hydrogen-bond donors (Lipinski definition) is 0. The van der Waals surface area contributed by atoms with Crippen molar-refractivity contribution in [3.05, 3.63) is 87.2 Å². The lowest BCUT2D eigenvalue weighted by Gasteiger charge is -2.54. The summed E-state index contributed by atoms with van der Waals surface area (Å²) >= 11 is 9.04. The number of ether oxygens (including phenoxy) is 1. The van der Waals surface area contributed by atoms with Gasteiger partial charge in [0.15, 0.2) is 0 Å². The second-order valence-corrected chi connectivity index (χ2v) is 11.0. The number of aryl methyl sites for hydroxylation is 1. The molecule has 0 bridgehead atoms. The van der Waals surface area contributed by atoms with E-state index in [1.54, 1.807) is 54.6 Å². The quantitative estimate of drug-likeness (QED) is 0.349. The van der Waals surface area contributed by atoms with Gasteiger partial charge in [-0.15, -0.1) is 0 Å². The van der Waals surface area contributed by atoms with Gasteiger partial charge in [0.05, 0.1) is 9.50 Å². The predicted octanol–water partition coefficient (Wildman–Crippen LogP) is 6.13.